The molecule has 0 bridgehead atoms. The molecule has 0 unspecified atom stereocenters. The van der Waals surface area contributed by atoms with Crippen molar-refractivity contribution < 1.29 is 33.8 Å². The summed E-state index contributed by atoms with van der Waals surface area (Å²) >= 11 is 0. The van der Waals surface area contributed by atoms with Crippen LogP contribution < -0.4 is 10.2 Å². The van der Waals surface area contributed by atoms with E-state index >= 15 is 0 Å². The second kappa shape index (κ2) is 17.7. The Balaban J connectivity index is 0.000000675. The summed E-state index contributed by atoms with van der Waals surface area (Å²) in [6.45, 7) is 12.3. The zero-order valence-corrected chi connectivity index (χ0v) is 25.1. The van der Waals surface area contributed by atoms with E-state index in [-0.39, 0.29) is 29.8 Å². The number of carboxylic acid groups (broad SMARTS) is 2. The van der Waals surface area contributed by atoms with Gasteiger partial charge in [0, 0.05) is 18.2 Å². The smallest absolute Gasteiger partial charge is 0.303 e. The molecule has 0 amide bonds. The molecule has 0 spiro atoms. The summed E-state index contributed by atoms with van der Waals surface area (Å²) < 4.78 is 11.9. The van der Waals surface area contributed by atoms with Gasteiger partial charge in [-0.25, -0.2) is 0 Å². The number of para-hydroxylation sites is 1. The number of nitrogens with zero attached hydrogens (tertiary/aromatic N) is 1. The molecule has 2 aromatic carbocycles. The molecule has 0 fully saturated rings. The Bertz CT molecular complexity index is 1350. The number of hydrogen-bond acceptors (Lipinski definition) is 7. The number of carbonyl (C=O) groups excluding carboxylic acids is 1. The van der Waals surface area contributed by atoms with Crippen LogP contribution in [0.1, 0.15) is 86.0 Å². The van der Waals surface area contributed by atoms with E-state index < -0.39 is 11.9 Å². The minimum atomic E-state index is -1.08. The number of aliphatic carboxylic acids is 2. The highest BCUT2D eigenvalue weighted by Crippen LogP contribution is 2.26. The van der Waals surface area contributed by atoms with Crippen molar-refractivity contribution in [1.82, 2.24) is 4.90 Å². The third-order valence-corrected chi connectivity index (χ3v) is 6.65. The molecule has 1 aromatic heterocycles. The number of unbranched alkanes of at least 4 members (excludes halogenated alkanes) is 2. The number of benzene rings is 2. The lowest BCUT2D eigenvalue weighted by Gasteiger charge is -2.22. The van der Waals surface area contributed by atoms with Gasteiger partial charge >= 0.3 is 11.9 Å². The lowest BCUT2D eigenvalue weighted by atomic mass is 10.0. The normalized spacial score (nSPS) is 10.8. The molecule has 0 aliphatic carbocycles. The number of carbonyl (C=O) groups is 3. The molecule has 0 saturated carbocycles. The monoisotopic (exact) mass is 581 g/mol. The highest BCUT2D eigenvalue weighted by Gasteiger charge is 2.17. The van der Waals surface area contributed by atoms with E-state index in [2.05, 4.69) is 18.7 Å². The van der Waals surface area contributed by atoms with Crippen LogP contribution >= 0.6 is 0 Å². The van der Waals surface area contributed by atoms with Crippen LogP contribution in [0.15, 0.2) is 51.7 Å². The van der Waals surface area contributed by atoms with Gasteiger partial charge in [0.05, 0.1) is 24.8 Å². The van der Waals surface area contributed by atoms with E-state index in [9.17, 15) is 19.2 Å². The Morgan fingerprint density at radius 2 is 1.38 bits per heavy atom. The molecule has 3 rings (SSSR count). The molecule has 0 atom stereocenters. The van der Waals surface area contributed by atoms with Gasteiger partial charge in [-0.2, -0.15) is 0 Å². The minimum Gasteiger partial charge on any atom is -0.493 e. The number of carboxylic acids is 2. The van der Waals surface area contributed by atoms with E-state index in [1.165, 1.54) is 31.7 Å². The molecule has 1 heterocycles. The molecular formula is C33H43NO8. The van der Waals surface area contributed by atoms with Gasteiger partial charge in [-0.05, 0) is 81.6 Å². The molecule has 228 valence electrons. The first kappa shape index (κ1) is 34.2. The standard InChI is InChI=1S/C29H37NO4.C4H6O4/c1-5-7-14-30(15-8-6-2)16-11-17-33-29-21(3)18-23(19-22(29)4)28(32)27-20-25(31)24-12-9-10-13-26(24)34-27;5-3(6)1-2-4(7)8/h9-10,12-13,18-20H,5-8,11,14-17H2,1-4H3;1-2H2,(H,5,6)(H,7,8). The van der Waals surface area contributed by atoms with Crippen LogP contribution in [0, 0.1) is 13.8 Å². The van der Waals surface area contributed by atoms with Crippen molar-refractivity contribution in [2.75, 3.05) is 26.2 Å². The van der Waals surface area contributed by atoms with Crippen LogP contribution in [0.4, 0.5) is 0 Å². The van der Waals surface area contributed by atoms with Gasteiger partial charge in [0.25, 0.3) is 0 Å². The number of ether oxygens (including phenoxy) is 1. The molecule has 0 aliphatic heterocycles. The first-order valence-electron chi connectivity index (χ1n) is 14.5. The minimum absolute atomic E-state index is 0.0513. The molecule has 2 N–H and O–H groups in total. The molecule has 9 nitrogen and oxygen atoms in total. The Morgan fingerprint density at radius 1 is 0.833 bits per heavy atom. The van der Waals surface area contributed by atoms with Crippen molar-refractivity contribution in [3.05, 3.63) is 75.1 Å². The van der Waals surface area contributed by atoms with Crippen molar-refractivity contribution in [3.8, 4) is 5.75 Å². The molecule has 9 heteroatoms. The van der Waals surface area contributed by atoms with Gasteiger partial charge in [-0.3, -0.25) is 19.2 Å². The summed E-state index contributed by atoms with van der Waals surface area (Å²) in [6, 6.07) is 11.9. The lowest BCUT2D eigenvalue weighted by molar-refractivity contribution is -0.143. The number of hydrogen-bond donors (Lipinski definition) is 2. The number of fused-ring (bicyclic) bond motifs is 1. The largest absolute Gasteiger partial charge is 0.493 e. The van der Waals surface area contributed by atoms with Gasteiger partial charge < -0.3 is 24.3 Å². The topological polar surface area (TPSA) is 134 Å². The van der Waals surface area contributed by atoms with Gasteiger partial charge in [0.1, 0.15) is 11.3 Å². The predicted octanol–water partition coefficient (Wildman–Crippen LogP) is 6.25. The molecule has 0 radical (unpaired) electrons. The van der Waals surface area contributed by atoms with E-state index in [1.807, 2.05) is 26.0 Å². The van der Waals surface area contributed by atoms with Crippen LogP contribution in [0.2, 0.25) is 0 Å². The zero-order chi connectivity index (χ0) is 31.1. The average Bonchev–Trinajstić information content (AvgIpc) is 2.96. The summed E-state index contributed by atoms with van der Waals surface area (Å²) in [4.78, 5) is 47.3. The summed E-state index contributed by atoms with van der Waals surface area (Å²) in [6.07, 6.45) is 5.27. The fourth-order valence-electron chi connectivity index (χ4n) is 4.44. The maximum Gasteiger partial charge on any atom is 0.303 e. The van der Waals surface area contributed by atoms with Crippen molar-refractivity contribution >= 4 is 28.7 Å². The van der Waals surface area contributed by atoms with Crippen LogP contribution in [0.3, 0.4) is 0 Å². The Labute approximate surface area is 247 Å². The van der Waals surface area contributed by atoms with E-state index in [4.69, 9.17) is 19.4 Å². The maximum atomic E-state index is 13.1. The number of ketones is 1. The number of aryl methyl sites for hydroxylation is 2. The van der Waals surface area contributed by atoms with Gasteiger partial charge in [-0.15, -0.1) is 0 Å². The van der Waals surface area contributed by atoms with Crippen molar-refractivity contribution in [2.24, 2.45) is 0 Å². The fraction of sp³-hybridized carbons (Fsp3) is 0.455. The van der Waals surface area contributed by atoms with Gasteiger partial charge in [0.15, 0.2) is 11.2 Å². The third-order valence-electron chi connectivity index (χ3n) is 6.65. The third kappa shape index (κ3) is 11.1. The second-order valence-electron chi connectivity index (χ2n) is 10.3. The quantitative estimate of drug-likeness (QED) is 0.149. The average molecular weight is 582 g/mol. The molecule has 0 saturated heterocycles. The predicted molar refractivity (Wildman–Crippen MR) is 163 cm³/mol. The number of rotatable bonds is 16. The van der Waals surface area contributed by atoms with Gasteiger partial charge in [0.2, 0.25) is 5.78 Å². The second-order valence-corrected chi connectivity index (χ2v) is 10.3. The van der Waals surface area contributed by atoms with E-state index in [0.717, 1.165) is 42.9 Å². The Kier molecular flexibility index (Phi) is 14.5. The highest BCUT2D eigenvalue weighted by molar-refractivity contribution is 6.08. The van der Waals surface area contributed by atoms with Crippen LogP contribution in [-0.2, 0) is 9.59 Å². The molecule has 42 heavy (non-hydrogen) atoms. The van der Waals surface area contributed by atoms with Crippen molar-refractivity contribution in [2.45, 2.75) is 72.6 Å². The van der Waals surface area contributed by atoms with Crippen LogP contribution in [0.25, 0.3) is 11.0 Å². The lowest BCUT2D eigenvalue weighted by Crippen LogP contribution is -2.28. The van der Waals surface area contributed by atoms with Gasteiger partial charge in [-0.1, -0.05) is 38.8 Å². The summed E-state index contributed by atoms with van der Waals surface area (Å²) in [5.74, 6) is -1.58. The summed E-state index contributed by atoms with van der Waals surface area (Å²) in [5.41, 5.74) is 2.50. The Hall–Kier alpha value is -3.98. The van der Waals surface area contributed by atoms with E-state index in [1.54, 1.807) is 24.3 Å². The van der Waals surface area contributed by atoms with Crippen molar-refractivity contribution in [3.63, 3.8) is 0 Å². The fourth-order valence-corrected chi connectivity index (χ4v) is 4.44. The maximum absolute atomic E-state index is 13.1. The molecular weight excluding hydrogens is 538 g/mol. The first-order chi connectivity index (χ1) is 20.1. The molecule has 0 aliphatic rings. The Morgan fingerprint density at radius 3 is 1.93 bits per heavy atom. The highest BCUT2D eigenvalue weighted by atomic mass is 16.5. The zero-order valence-electron chi connectivity index (χ0n) is 25.1. The molecule has 3 aromatic rings. The van der Waals surface area contributed by atoms with Crippen molar-refractivity contribution in [1.29, 1.82) is 0 Å². The van der Waals surface area contributed by atoms with Crippen LogP contribution in [-0.4, -0.2) is 59.1 Å². The summed E-state index contributed by atoms with van der Waals surface area (Å²) in [7, 11) is 0. The first-order valence-corrected chi connectivity index (χ1v) is 14.5. The SMILES string of the molecule is CCCCN(CCCC)CCCOc1c(C)cc(C(=O)c2cc(=O)c3ccccc3o2)cc1C.O=C(O)CCC(=O)O. The summed E-state index contributed by atoms with van der Waals surface area (Å²) in [5, 5.41) is 16.3. The van der Waals surface area contributed by atoms with E-state index in [0.29, 0.717) is 23.1 Å². The van der Waals surface area contributed by atoms with Crippen LogP contribution in [0.5, 0.6) is 5.75 Å².